The monoisotopic (exact) mass is 125 g/mol. The lowest BCUT2D eigenvalue weighted by Crippen LogP contribution is -2.43. The topological polar surface area (TPSA) is 39.1 Å². The van der Waals surface area contributed by atoms with Crippen LogP contribution in [0.4, 0.5) is 0 Å². The summed E-state index contributed by atoms with van der Waals surface area (Å²) in [6.07, 6.45) is 0.987. The van der Waals surface area contributed by atoms with Gasteiger partial charge in [-0.1, -0.05) is 0 Å². The summed E-state index contributed by atoms with van der Waals surface area (Å²) in [7, 11) is 1.96. The molecule has 1 rings (SSSR count). The molecule has 0 aromatic heterocycles. The highest BCUT2D eigenvalue weighted by Gasteiger charge is 2.14. The van der Waals surface area contributed by atoms with Gasteiger partial charge in [0, 0.05) is 20.1 Å². The zero-order chi connectivity index (χ0) is 6.69. The van der Waals surface area contributed by atoms with E-state index in [0.717, 1.165) is 19.5 Å². The van der Waals surface area contributed by atoms with E-state index in [1.165, 1.54) is 0 Å². The van der Waals surface area contributed by atoms with Gasteiger partial charge in [0.15, 0.2) is 0 Å². The van der Waals surface area contributed by atoms with Gasteiger partial charge < -0.3 is 0 Å². The van der Waals surface area contributed by atoms with Crippen LogP contribution in [-0.2, 0) is 0 Å². The fourth-order valence-corrected chi connectivity index (χ4v) is 1.02. The molecule has 1 fully saturated rings. The van der Waals surface area contributed by atoms with E-state index in [9.17, 15) is 0 Å². The largest absolute Gasteiger partial charge is 0.255 e. The number of nitrogens with zero attached hydrogens (tertiary/aromatic N) is 2. The van der Waals surface area contributed by atoms with Gasteiger partial charge in [-0.3, -0.25) is 5.43 Å². The Balaban J connectivity index is 2.34. The van der Waals surface area contributed by atoms with E-state index in [2.05, 4.69) is 11.5 Å². The molecule has 0 radical (unpaired) electrons. The minimum Gasteiger partial charge on any atom is -0.255 e. The second-order valence-electron chi connectivity index (χ2n) is 2.40. The van der Waals surface area contributed by atoms with Gasteiger partial charge >= 0.3 is 0 Å². The molecule has 0 spiro atoms. The zero-order valence-corrected chi connectivity index (χ0v) is 5.59. The first-order valence-corrected chi connectivity index (χ1v) is 3.17. The van der Waals surface area contributed by atoms with E-state index in [4.69, 9.17) is 5.26 Å². The van der Waals surface area contributed by atoms with Crippen molar-refractivity contribution >= 4 is 0 Å². The number of nitriles is 1. The van der Waals surface area contributed by atoms with E-state index in [1.807, 2.05) is 12.1 Å². The second kappa shape index (κ2) is 2.81. The molecule has 1 atom stereocenters. The second-order valence-corrected chi connectivity index (χ2v) is 2.40. The van der Waals surface area contributed by atoms with Gasteiger partial charge in [0.05, 0.1) is 12.0 Å². The lowest BCUT2D eigenvalue weighted by atomic mass is 10.1. The molecule has 1 unspecified atom stereocenters. The Hall–Kier alpha value is -0.590. The van der Waals surface area contributed by atoms with Crippen molar-refractivity contribution in [2.24, 2.45) is 5.92 Å². The normalized spacial score (nSPS) is 29.6. The van der Waals surface area contributed by atoms with Crippen LogP contribution in [0.2, 0.25) is 0 Å². The summed E-state index contributed by atoms with van der Waals surface area (Å²) in [6.45, 7) is 1.80. The fourth-order valence-electron chi connectivity index (χ4n) is 1.02. The van der Waals surface area contributed by atoms with E-state index >= 15 is 0 Å². The molecular weight excluding hydrogens is 114 g/mol. The summed E-state index contributed by atoms with van der Waals surface area (Å²) in [5.74, 6) is 0.233. The van der Waals surface area contributed by atoms with E-state index in [0.29, 0.717) is 0 Å². The molecule has 50 valence electrons. The van der Waals surface area contributed by atoms with Crippen LogP contribution in [0, 0.1) is 17.2 Å². The van der Waals surface area contributed by atoms with Crippen LogP contribution in [0.25, 0.3) is 0 Å². The Morgan fingerprint density at radius 3 is 3.00 bits per heavy atom. The van der Waals surface area contributed by atoms with Crippen LogP contribution in [-0.4, -0.2) is 25.1 Å². The smallest absolute Gasteiger partial charge is 0.0670 e. The van der Waals surface area contributed by atoms with Crippen molar-refractivity contribution in [3.8, 4) is 6.07 Å². The van der Waals surface area contributed by atoms with Crippen LogP contribution in [0.15, 0.2) is 0 Å². The maximum absolute atomic E-state index is 8.50. The summed E-state index contributed by atoms with van der Waals surface area (Å²) in [5, 5.41) is 10.5. The predicted molar refractivity (Wildman–Crippen MR) is 34.4 cm³/mol. The van der Waals surface area contributed by atoms with Crippen LogP contribution in [0.5, 0.6) is 0 Å². The van der Waals surface area contributed by atoms with Gasteiger partial charge in [0.1, 0.15) is 0 Å². The minimum atomic E-state index is 0.233. The van der Waals surface area contributed by atoms with Crippen molar-refractivity contribution in [1.29, 1.82) is 5.26 Å². The number of hydrogen-bond acceptors (Lipinski definition) is 3. The molecule has 1 saturated heterocycles. The molecule has 9 heavy (non-hydrogen) atoms. The summed E-state index contributed by atoms with van der Waals surface area (Å²) in [6, 6.07) is 2.25. The van der Waals surface area contributed by atoms with Crippen molar-refractivity contribution in [2.45, 2.75) is 6.42 Å². The van der Waals surface area contributed by atoms with Crippen molar-refractivity contribution in [1.82, 2.24) is 10.4 Å². The average Bonchev–Trinajstić information content (AvgIpc) is 1.88. The maximum atomic E-state index is 8.50. The number of hydrogen-bond donors (Lipinski definition) is 1. The standard InChI is InChI=1S/C6H11N3/c1-9-5-6(4-7)2-3-8-9/h6,8H,2-3,5H2,1H3. The number of nitrogens with one attached hydrogen (secondary N) is 1. The number of hydrazine groups is 1. The summed E-state index contributed by atoms with van der Waals surface area (Å²) in [4.78, 5) is 0. The SMILES string of the molecule is CN1CC(C#N)CCN1. The van der Waals surface area contributed by atoms with Crippen LogP contribution < -0.4 is 5.43 Å². The zero-order valence-electron chi connectivity index (χ0n) is 5.59. The molecule has 1 N–H and O–H groups in total. The molecule has 0 aromatic carbocycles. The summed E-state index contributed by atoms with van der Waals surface area (Å²) < 4.78 is 0. The van der Waals surface area contributed by atoms with Crippen LogP contribution in [0.1, 0.15) is 6.42 Å². The third-order valence-electron chi connectivity index (χ3n) is 1.55. The van der Waals surface area contributed by atoms with Crippen LogP contribution >= 0.6 is 0 Å². The molecule has 0 saturated carbocycles. The van der Waals surface area contributed by atoms with Gasteiger partial charge in [0.25, 0.3) is 0 Å². The fraction of sp³-hybridized carbons (Fsp3) is 0.833. The molecule has 0 aromatic rings. The summed E-state index contributed by atoms with van der Waals surface area (Å²) >= 11 is 0. The lowest BCUT2D eigenvalue weighted by Gasteiger charge is -2.26. The van der Waals surface area contributed by atoms with Gasteiger partial charge in [-0.25, -0.2) is 5.01 Å². The first-order valence-electron chi connectivity index (χ1n) is 3.17. The molecule has 0 amide bonds. The predicted octanol–water partition coefficient (Wildman–Crippen LogP) is -0.0337. The minimum absolute atomic E-state index is 0.233. The van der Waals surface area contributed by atoms with Gasteiger partial charge in [-0.05, 0) is 6.42 Å². The first kappa shape index (κ1) is 6.53. The molecule has 0 bridgehead atoms. The van der Waals surface area contributed by atoms with Gasteiger partial charge in [-0.15, -0.1) is 0 Å². The van der Waals surface area contributed by atoms with E-state index in [-0.39, 0.29) is 5.92 Å². The van der Waals surface area contributed by atoms with Crippen LogP contribution in [0.3, 0.4) is 0 Å². The molecule has 3 nitrogen and oxygen atoms in total. The quantitative estimate of drug-likeness (QED) is 0.494. The van der Waals surface area contributed by atoms with Crippen molar-refractivity contribution in [2.75, 3.05) is 20.1 Å². The van der Waals surface area contributed by atoms with Gasteiger partial charge in [0.2, 0.25) is 0 Å². The first-order chi connectivity index (χ1) is 4.33. The number of rotatable bonds is 0. The summed E-state index contributed by atoms with van der Waals surface area (Å²) in [5.41, 5.74) is 3.13. The Morgan fingerprint density at radius 1 is 1.78 bits per heavy atom. The Bertz CT molecular complexity index is 127. The van der Waals surface area contributed by atoms with Crippen molar-refractivity contribution < 1.29 is 0 Å². The van der Waals surface area contributed by atoms with Gasteiger partial charge in [-0.2, -0.15) is 5.26 Å². The molecule has 3 heteroatoms. The third-order valence-corrected chi connectivity index (χ3v) is 1.55. The average molecular weight is 125 g/mol. The molecule has 1 aliphatic rings. The maximum Gasteiger partial charge on any atom is 0.0670 e. The lowest BCUT2D eigenvalue weighted by molar-refractivity contribution is 0.168. The van der Waals surface area contributed by atoms with E-state index < -0.39 is 0 Å². The molecule has 0 aliphatic carbocycles. The molecule has 1 heterocycles. The molecule has 1 aliphatic heterocycles. The Labute approximate surface area is 55.2 Å². The van der Waals surface area contributed by atoms with Crippen molar-refractivity contribution in [3.05, 3.63) is 0 Å². The Kier molecular flexibility index (Phi) is 2.04. The highest BCUT2D eigenvalue weighted by Crippen LogP contribution is 2.05. The van der Waals surface area contributed by atoms with E-state index in [1.54, 1.807) is 0 Å². The highest BCUT2D eigenvalue weighted by molar-refractivity contribution is 4.86. The Morgan fingerprint density at radius 2 is 2.56 bits per heavy atom. The van der Waals surface area contributed by atoms with Crippen molar-refractivity contribution in [3.63, 3.8) is 0 Å². The highest BCUT2D eigenvalue weighted by atomic mass is 15.5. The third kappa shape index (κ3) is 1.67. The molecular formula is C6H11N3.